The third-order valence-corrected chi connectivity index (χ3v) is 2.95. The van der Waals surface area contributed by atoms with Gasteiger partial charge in [0.05, 0.1) is 16.8 Å². The summed E-state index contributed by atoms with van der Waals surface area (Å²) in [7, 11) is 0. The zero-order chi connectivity index (χ0) is 14.2. The van der Waals surface area contributed by atoms with Crippen molar-refractivity contribution in [3.63, 3.8) is 0 Å². The molecular formula is C17H18N2O. The molecule has 0 radical (unpaired) electrons. The number of nitrogens with one attached hydrogen (secondary N) is 1. The van der Waals surface area contributed by atoms with E-state index in [-0.39, 0.29) is 5.54 Å². The molecule has 0 unspecified atom stereocenters. The molecule has 0 atom stereocenters. The highest BCUT2D eigenvalue weighted by Crippen LogP contribution is 2.35. The molecule has 1 N–H and O–H groups in total. The van der Waals surface area contributed by atoms with Crippen molar-refractivity contribution in [2.24, 2.45) is 4.99 Å². The summed E-state index contributed by atoms with van der Waals surface area (Å²) in [4.78, 5) is 4.79. The number of anilines is 1. The standard InChI is InChI=1S/C17H18N2O/c1-17(2,3)19-16-12-8-4-6-10-14(12)20-15-11-7-5-9-13(15)18-16/h4-11H,1-3H3,(H,18,19). The number of aliphatic imine (C=N–C) groups is 1. The number of ether oxygens (including phenoxy) is 1. The summed E-state index contributed by atoms with van der Waals surface area (Å²) >= 11 is 0. The van der Waals surface area contributed by atoms with Gasteiger partial charge in [-0.15, -0.1) is 0 Å². The molecule has 2 aromatic carbocycles. The third-order valence-electron chi connectivity index (χ3n) is 2.95. The molecule has 0 aromatic heterocycles. The van der Waals surface area contributed by atoms with Crippen molar-refractivity contribution in [3.05, 3.63) is 54.1 Å². The van der Waals surface area contributed by atoms with E-state index in [2.05, 4.69) is 26.1 Å². The predicted octanol–water partition coefficient (Wildman–Crippen LogP) is 4.45. The minimum atomic E-state index is -0.158. The smallest absolute Gasteiger partial charge is 0.150 e. The lowest BCUT2D eigenvalue weighted by molar-refractivity contribution is 0.485. The highest BCUT2D eigenvalue weighted by atomic mass is 16.5. The van der Waals surface area contributed by atoms with Crippen LogP contribution in [0, 0.1) is 0 Å². The van der Waals surface area contributed by atoms with E-state index < -0.39 is 0 Å². The van der Waals surface area contributed by atoms with Gasteiger partial charge in [-0.25, -0.2) is 0 Å². The number of nitrogens with zero attached hydrogens (tertiary/aromatic N) is 1. The molecule has 20 heavy (non-hydrogen) atoms. The molecule has 102 valence electrons. The number of hydrogen-bond acceptors (Lipinski definition) is 2. The van der Waals surface area contributed by atoms with Crippen molar-refractivity contribution in [3.8, 4) is 11.5 Å². The molecule has 1 aliphatic rings. The number of para-hydroxylation sites is 3. The normalized spacial score (nSPS) is 15.7. The van der Waals surface area contributed by atoms with Gasteiger partial charge in [-0.1, -0.05) is 24.3 Å². The van der Waals surface area contributed by atoms with Crippen molar-refractivity contribution in [2.45, 2.75) is 26.3 Å². The van der Waals surface area contributed by atoms with Gasteiger partial charge in [-0.2, -0.15) is 0 Å². The molecule has 3 nitrogen and oxygen atoms in total. The molecule has 0 saturated carbocycles. The Morgan fingerprint density at radius 1 is 0.900 bits per heavy atom. The van der Waals surface area contributed by atoms with Gasteiger partial charge >= 0.3 is 0 Å². The average molecular weight is 266 g/mol. The quantitative estimate of drug-likeness (QED) is 0.764. The molecule has 0 amide bonds. The van der Waals surface area contributed by atoms with Crippen LogP contribution in [0.3, 0.4) is 0 Å². The van der Waals surface area contributed by atoms with E-state index in [4.69, 9.17) is 9.73 Å². The van der Waals surface area contributed by atoms with Crippen LogP contribution in [-0.2, 0) is 0 Å². The molecule has 0 bridgehead atoms. The summed E-state index contributed by atoms with van der Waals surface area (Å²) in [5, 5.41) is 3.40. The average Bonchev–Trinajstić information content (AvgIpc) is 2.53. The Balaban J connectivity index is 2.18. The summed E-state index contributed by atoms with van der Waals surface area (Å²) in [5.74, 6) is 2.49. The van der Waals surface area contributed by atoms with Gasteiger partial charge in [-0.3, -0.25) is 4.99 Å². The van der Waals surface area contributed by atoms with Crippen molar-refractivity contribution in [1.82, 2.24) is 0 Å². The summed E-state index contributed by atoms with van der Waals surface area (Å²) in [6, 6.07) is 15.9. The van der Waals surface area contributed by atoms with E-state index >= 15 is 0 Å². The number of benzene rings is 2. The van der Waals surface area contributed by atoms with Gasteiger partial charge in [0, 0.05) is 0 Å². The Hall–Kier alpha value is -2.29. The monoisotopic (exact) mass is 266 g/mol. The van der Waals surface area contributed by atoms with Crippen LogP contribution in [0.5, 0.6) is 11.5 Å². The Morgan fingerprint density at radius 3 is 2.30 bits per heavy atom. The van der Waals surface area contributed by atoms with E-state index in [1.165, 1.54) is 0 Å². The number of hydrogen-bond donors (Lipinski definition) is 1. The van der Waals surface area contributed by atoms with Crippen LogP contribution < -0.4 is 10.1 Å². The van der Waals surface area contributed by atoms with E-state index in [0.717, 1.165) is 28.6 Å². The lowest BCUT2D eigenvalue weighted by atomic mass is 10.1. The van der Waals surface area contributed by atoms with Gasteiger partial charge in [0.1, 0.15) is 11.6 Å². The molecule has 0 aliphatic carbocycles. The van der Waals surface area contributed by atoms with E-state index in [9.17, 15) is 0 Å². The minimum absolute atomic E-state index is 0.158. The van der Waals surface area contributed by atoms with E-state index in [0.29, 0.717) is 0 Å². The second-order valence-corrected chi connectivity index (χ2v) is 5.85. The van der Waals surface area contributed by atoms with Crippen LogP contribution in [-0.4, -0.2) is 11.4 Å². The Kier molecular flexibility index (Phi) is 2.97. The van der Waals surface area contributed by atoms with Crippen LogP contribution in [0.2, 0.25) is 0 Å². The topological polar surface area (TPSA) is 33.6 Å². The fourth-order valence-corrected chi connectivity index (χ4v) is 2.15. The Labute approximate surface area is 119 Å². The number of rotatable bonds is 0. The zero-order valence-electron chi connectivity index (χ0n) is 12.0. The van der Waals surface area contributed by atoms with Crippen molar-refractivity contribution < 1.29 is 4.74 Å². The summed E-state index contributed by atoms with van der Waals surface area (Å²) in [5.41, 5.74) is 1.76. The summed E-state index contributed by atoms with van der Waals surface area (Å²) in [6.07, 6.45) is 0. The molecule has 3 rings (SSSR count). The molecule has 3 heteroatoms. The highest BCUT2D eigenvalue weighted by molar-refractivity contribution is 6.11. The fourth-order valence-electron chi connectivity index (χ4n) is 2.15. The first kappa shape index (κ1) is 12.7. The van der Waals surface area contributed by atoms with Crippen LogP contribution in [0.15, 0.2) is 53.5 Å². The largest absolute Gasteiger partial charge is 0.454 e. The maximum Gasteiger partial charge on any atom is 0.150 e. The SMILES string of the molecule is CC(C)(C)N=C1Nc2ccccc2Oc2ccccc21. The van der Waals surface area contributed by atoms with Gasteiger partial charge in [0.25, 0.3) is 0 Å². The van der Waals surface area contributed by atoms with Crippen LogP contribution in [0.4, 0.5) is 5.69 Å². The third kappa shape index (κ3) is 2.52. The first-order valence-electron chi connectivity index (χ1n) is 6.76. The second kappa shape index (κ2) is 4.67. The van der Waals surface area contributed by atoms with Gasteiger partial charge < -0.3 is 10.1 Å². The Morgan fingerprint density at radius 2 is 1.55 bits per heavy atom. The minimum Gasteiger partial charge on any atom is -0.454 e. The van der Waals surface area contributed by atoms with Crippen LogP contribution in [0.25, 0.3) is 0 Å². The first-order valence-corrected chi connectivity index (χ1v) is 6.76. The van der Waals surface area contributed by atoms with Crippen molar-refractivity contribution in [1.29, 1.82) is 0 Å². The lowest BCUT2D eigenvalue weighted by Gasteiger charge is -2.16. The molecule has 0 spiro atoms. The first-order chi connectivity index (χ1) is 9.53. The Bertz CT molecular complexity index is 669. The van der Waals surface area contributed by atoms with Crippen molar-refractivity contribution in [2.75, 3.05) is 5.32 Å². The molecule has 1 heterocycles. The summed E-state index contributed by atoms with van der Waals surface area (Å²) < 4.78 is 6.00. The van der Waals surface area contributed by atoms with Crippen LogP contribution in [0.1, 0.15) is 26.3 Å². The summed E-state index contributed by atoms with van der Waals surface area (Å²) in [6.45, 7) is 6.26. The zero-order valence-corrected chi connectivity index (χ0v) is 12.0. The highest BCUT2D eigenvalue weighted by Gasteiger charge is 2.20. The molecule has 2 aromatic rings. The molecular weight excluding hydrogens is 248 g/mol. The fraction of sp³-hybridized carbons (Fsp3) is 0.235. The van der Waals surface area contributed by atoms with Gasteiger partial charge in [0.2, 0.25) is 0 Å². The van der Waals surface area contributed by atoms with Gasteiger partial charge in [-0.05, 0) is 45.0 Å². The predicted molar refractivity (Wildman–Crippen MR) is 82.9 cm³/mol. The number of amidine groups is 1. The lowest BCUT2D eigenvalue weighted by Crippen LogP contribution is -2.20. The number of fused-ring (bicyclic) bond motifs is 2. The van der Waals surface area contributed by atoms with Crippen LogP contribution >= 0.6 is 0 Å². The molecule has 1 aliphatic heterocycles. The van der Waals surface area contributed by atoms with Crippen molar-refractivity contribution >= 4 is 11.5 Å². The maximum atomic E-state index is 6.00. The van der Waals surface area contributed by atoms with E-state index in [1.807, 2.05) is 48.5 Å². The van der Waals surface area contributed by atoms with Gasteiger partial charge in [0.15, 0.2) is 5.75 Å². The maximum absolute atomic E-state index is 6.00. The van der Waals surface area contributed by atoms with E-state index in [1.54, 1.807) is 0 Å². The second-order valence-electron chi connectivity index (χ2n) is 5.85. The molecule has 0 fully saturated rings. The molecule has 0 saturated heterocycles.